The van der Waals surface area contributed by atoms with Gasteiger partial charge in [-0.05, 0) is 61.5 Å². The molecule has 2 aromatic carbocycles. The van der Waals surface area contributed by atoms with Gasteiger partial charge in [-0.25, -0.2) is 4.79 Å². The van der Waals surface area contributed by atoms with E-state index in [4.69, 9.17) is 4.74 Å². The summed E-state index contributed by atoms with van der Waals surface area (Å²) in [7, 11) is 1.60. The molecule has 4 aromatic rings. The Morgan fingerprint density at radius 1 is 1.09 bits per heavy atom. The highest BCUT2D eigenvalue weighted by atomic mass is 32.2. The summed E-state index contributed by atoms with van der Waals surface area (Å²) in [6.07, 6.45) is 4.84. The maximum Gasteiger partial charge on any atom is 0.435 e. The average Bonchev–Trinajstić information content (AvgIpc) is 3.21. The van der Waals surface area contributed by atoms with Crippen LogP contribution in [0.4, 0.5) is 4.79 Å². The second-order valence-corrected chi connectivity index (χ2v) is 8.06. The number of pyridine rings is 1. The monoisotopic (exact) mass is 458 g/mol. The van der Waals surface area contributed by atoms with E-state index in [2.05, 4.69) is 15.4 Å². The van der Waals surface area contributed by atoms with Crippen LogP contribution in [0.5, 0.6) is 0 Å². The Hall–Kier alpha value is -3.91. The van der Waals surface area contributed by atoms with Crippen molar-refractivity contribution < 1.29 is 14.3 Å². The van der Waals surface area contributed by atoms with Crippen LogP contribution in [-0.4, -0.2) is 40.4 Å². The van der Waals surface area contributed by atoms with Gasteiger partial charge in [-0.3, -0.25) is 9.78 Å². The Kier molecular flexibility index (Phi) is 6.85. The van der Waals surface area contributed by atoms with E-state index in [1.165, 1.54) is 16.4 Å². The molecule has 0 aliphatic heterocycles. The molecule has 0 fully saturated rings. The lowest BCUT2D eigenvalue weighted by Crippen LogP contribution is -2.18. The molecule has 0 radical (unpaired) electrons. The number of benzene rings is 2. The standard InChI is InChI=1S/C25H22N4O3S/c1-3-32-25(31)29-22-16-18(33-23-10-5-4-9-20(23)24(30)26-2)12-13-19(22)21(28-29)14-11-17-8-6-7-15-27-17/h4-16H,3H2,1-2H3,(H,26,30)/b14-11+. The number of rotatable bonds is 6. The van der Waals surface area contributed by atoms with E-state index < -0.39 is 6.09 Å². The first-order valence-corrected chi connectivity index (χ1v) is 11.2. The molecule has 1 N–H and O–H groups in total. The van der Waals surface area contributed by atoms with E-state index in [0.717, 1.165) is 20.9 Å². The molecule has 0 bridgehead atoms. The third kappa shape index (κ3) is 4.96. The lowest BCUT2D eigenvalue weighted by Gasteiger charge is -2.08. The Morgan fingerprint density at radius 3 is 2.67 bits per heavy atom. The van der Waals surface area contributed by atoms with Crippen molar-refractivity contribution in [2.45, 2.75) is 16.7 Å². The number of hydrogen-bond acceptors (Lipinski definition) is 6. The highest BCUT2D eigenvalue weighted by molar-refractivity contribution is 7.99. The third-order valence-corrected chi connectivity index (χ3v) is 5.87. The third-order valence-electron chi connectivity index (χ3n) is 4.81. The van der Waals surface area contributed by atoms with Crippen molar-refractivity contribution in [3.63, 3.8) is 0 Å². The van der Waals surface area contributed by atoms with E-state index in [9.17, 15) is 9.59 Å². The summed E-state index contributed by atoms with van der Waals surface area (Å²) < 4.78 is 6.47. The largest absolute Gasteiger partial charge is 0.448 e. The first kappa shape index (κ1) is 22.3. The minimum atomic E-state index is -0.548. The van der Waals surface area contributed by atoms with Crippen molar-refractivity contribution in [2.75, 3.05) is 13.7 Å². The zero-order valence-electron chi connectivity index (χ0n) is 18.2. The van der Waals surface area contributed by atoms with Gasteiger partial charge in [0.25, 0.3) is 5.91 Å². The van der Waals surface area contributed by atoms with Gasteiger partial charge in [-0.2, -0.15) is 9.78 Å². The van der Waals surface area contributed by atoms with Crippen molar-refractivity contribution >= 4 is 46.8 Å². The molecule has 1 amide bonds. The van der Waals surface area contributed by atoms with Crippen LogP contribution >= 0.6 is 11.8 Å². The van der Waals surface area contributed by atoms with Gasteiger partial charge in [-0.1, -0.05) is 30.0 Å². The fraction of sp³-hybridized carbons (Fsp3) is 0.120. The average molecular weight is 459 g/mol. The van der Waals surface area contributed by atoms with Crippen molar-refractivity contribution in [1.29, 1.82) is 0 Å². The van der Waals surface area contributed by atoms with Gasteiger partial charge in [0.15, 0.2) is 0 Å². The molecule has 0 saturated carbocycles. The van der Waals surface area contributed by atoms with E-state index in [1.807, 2.05) is 66.7 Å². The lowest BCUT2D eigenvalue weighted by molar-refractivity contribution is 0.0960. The SMILES string of the molecule is CCOC(=O)n1nc(/C=C/c2ccccn2)c2ccc(Sc3ccccc3C(=O)NC)cc21. The number of amides is 1. The Labute approximate surface area is 195 Å². The second kappa shape index (κ2) is 10.1. The Bertz CT molecular complexity index is 1330. The van der Waals surface area contributed by atoms with Gasteiger partial charge in [-0.15, -0.1) is 0 Å². The summed E-state index contributed by atoms with van der Waals surface area (Å²) in [6.45, 7) is 2.00. The van der Waals surface area contributed by atoms with Crippen LogP contribution in [0.25, 0.3) is 23.1 Å². The number of carbonyl (C=O) groups is 2. The van der Waals surface area contributed by atoms with Gasteiger partial charge < -0.3 is 10.1 Å². The van der Waals surface area contributed by atoms with Crippen LogP contribution < -0.4 is 5.32 Å². The Morgan fingerprint density at radius 2 is 1.91 bits per heavy atom. The molecule has 33 heavy (non-hydrogen) atoms. The number of aromatic nitrogens is 3. The highest BCUT2D eigenvalue weighted by Gasteiger charge is 2.17. The number of ether oxygens (including phenoxy) is 1. The summed E-state index contributed by atoms with van der Waals surface area (Å²) in [5.41, 5.74) is 2.62. The summed E-state index contributed by atoms with van der Waals surface area (Å²) in [4.78, 5) is 30.8. The molecule has 0 aliphatic carbocycles. The van der Waals surface area contributed by atoms with Crippen LogP contribution in [-0.2, 0) is 4.74 Å². The van der Waals surface area contributed by atoms with Crippen molar-refractivity contribution in [2.24, 2.45) is 0 Å². The van der Waals surface area contributed by atoms with Gasteiger partial charge >= 0.3 is 6.09 Å². The van der Waals surface area contributed by atoms with Crippen molar-refractivity contribution in [1.82, 2.24) is 20.1 Å². The molecule has 7 nitrogen and oxygen atoms in total. The van der Waals surface area contributed by atoms with E-state index in [-0.39, 0.29) is 12.5 Å². The zero-order valence-corrected chi connectivity index (χ0v) is 19.0. The summed E-state index contributed by atoms with van der Waals surface area (Å²) in [5, 5.41) is 7.95. The fourth-order valence-corrected chi connectivity index (χ4v) is 4.25. The predicted octanol–water partition coefficient (Wildman–Crippen LogP) is 5.12. The smallest absolute Gasteiger partial charge is 0.435 e. The molecule has 2 aromatic heterocycles. The molecule has 0 unspecified atom stereocenters. The van der Waals surface area contributed by atoms with Crippen LogP contribution in [0.2, 0.25) is 0 Å². The van der Waals surface area contributed by atoms with Crippen LogP contribution in [0.3, 0.4) is 0 Å². The summed E-state index contributed by atoms with van der Waals surface area (Å²) in [5.74, 6) is -0.155. The number of carbonyl (C=O) groups excluding carboxylic acids is 2. The van der Waals surface area contributed by atoms with E-state index in [1.54, 1.807) is 26.2 Å². The molecule has 0 atom stereocenters. The molecule has 4 rings (SSSR count). The minimum absolute atomic E-state index is 0.155. The van der Waals surface area contributed by atoms with Crippen molar-refractivity contribution in [3.8, 4) is 0 Å². The number of nitrogens with zero attached hydrogens (tertiary/aromatic N) is 3. The first-order valence-electron chi connectivity index (χ1n) is 10.4. The van der Waals surface area contributed by atoms with E-state index >= 15 is 0 Å². The second-order valence-electron chi connectivity index (χ2n) is 6.94. The van der Waals surface area contributed by atoms with Gasteiger partial charge in [0, 0.05) is 28.4 Å². The maximum atomic E-state index is 12.6. The summed E-state index contributed by atoms with van der Waals surface area (Å²) >= 11 is 1.44. The number of fused-ring (bicyclic) bond motifs is 1. The minimum Gasteiger partial charge on any atom is -0.448 e. The molecule has 0 aliphatic rings. The quantitative estimate of drug-likeness (QED) is 0.432. The van der Waals surface area contributed by atoms with E-state index in [0.29, 0.717) is 16.8 Å². The van der Waals surface area contributed by atoms with Gasteiger partial charge in [0.05, 0.1) is 29.1 Å². The molecule has 166 valence electrons. The molecule has 0 saturated heterocycles. The lowest BCUT2D eigenvalue weighted by atomic mass is 10.2. The highest BCUT2D eigenvalue weighted by Crippen LogP contribution is 2.33. The molecular formula is C25H22N4O3S. The molecule has 0 spiro atoms. The summed E-state index contributed by atoms with van der Waals surface area (Å²) in [6, 6.07) is 18.8. The normalized spacial score (nSPS) is 11.1. The molecule has 8 heteroatoms. The first-order chi connectivity index (χ1) is 16.1. The molecular weight excluding hydrogens is 436 g/mol. The molecule has 2 heterocycles. The fourth-order valence-electron chi connectivity index (χ4n) is 3.27. The van der Waals surface area contributed by atoms with Crippen LogP contribution in [0.1, 0.15) is 28.7 Å². The Balaban J connectivity index is 1.75. The topological polar surface area (TPSA) is 86.1 Å². The number of hydrogen-bond donors (Lipinski definition) is 1. The van der Waals surface area contributed by atoms with Gasteiger partial charge in [0.2, 0.25) is 0 Å². The maximum absolute atomic E-state index is 12.6. The predicted molar refractivity (Wildman–Crippen MR) is 129 cm³/mol. The zero-order chi connectivity index (χ0) is 23.2. The van der Waals surface area contributed by atoms with Crippen LogP contribution in [0, 0.1) is 0 Å². The van der Waals surface area contributed by atoms with Crippen molar-refractivity contribution in [3.05, 3.63) is 83.8 Å². The number of nitrogens with one attached hydrogen (secondary N) is 1. The van der Waals surface area contributed by atoms with Crippen LogP contribution in [0.15, 0.2) is 76.7 Å². The van der Waals surface area contributed by atoms with Gasteiger partial charge in [0.1, 0.15) is 0 Å².